The summed E-state index contributed by atoms with van der Waals surface area (Å²) in [5.74, 6) is -2.16. The molecule has 0 radical (unpaired) electrons. The lowest BCUT2D eigenvalue weighted by molar-refractivity contribution is -0.384. The van der Waals surface area contributed by atoms with Crippen LogP contribution < -0.4 is 10.6 Å². The summed E-state index contributed by atoms with van der Waals surface area (Å²) in [6, 6.07) is 14.4. The van der Waals surface area contributed by atoms with Gasteiger partial charge in [-0.05, 0) is 18.6 Å². The fraction of sp³-hybridized carbons (Fsp3) is 0.263. The van der Waals surface area contributed by atoms with Crippen molar-refractivity contribution in [3.05, 3.63) is 70.3 Å². The Balaban J connectivity index is 1.98. The molecule has 1 amide bonds. The SMILES string of the molecule is CC(C(=O)O)C(NC(=O)CCNc1ccccc1[N+](=O)[O-])c1ccccc1. The number of nitrogens with zero attached hydrogens (tertiary/aromatic N) is 1. The number of hydrogen-bond donors (Lipinski definition) is 3. The highest BCUT2D eigenvalue weighted by Gasteiger charge is 2.26. The van der Waals surface area contributed by atoms with E-state index in [1.807, 2.05) is 6.07 Å². The highest BCUT2D eigenvalue weighted by atomic mass is 16.6. The van der Waals surface area contributed by atoms with Gasteiger partial charge in [-0.25, -0.2) is 0 Å². The lowest BCUT2D eigenvalue weighted by atomic mass is 9.94. The normalized spacial score (nSPS) is 12.6. The van der Waals surface area contributed by atoms with E-state index in [0.29, 0.717) is 11.3 Å². The van der Waals surface area contributed by atoms with Crippen molar-refractivity contribution in [2.45, 2.75) is 19.4 Å². The van der Waals surface area contributed by atoms with Gasteiger partial charge < -0.3 is 15.7 Å². The summed E-state index contributed by atoms with van der Waals surface area (Å²) in [5, 5.41) is 25.9. The zero-order chi connectivity index (χ0) is 19.8. The highest BCUT2D eigenvalue weighted by molar-refractivity contribution is 5.79. The standard InChI is InChI=1S/C19H21N3O5/c1-13(19(24)25)18(14-7-3-2-4-8-14)21-17(23)11-12-20-15-9-5-6-10-16(15)22(26)27/h2-10,13,18,20H,11-12H2,1H3,(H,21,23)(H,24,25). The van der Waals surface area contributed by atoms with Gasteiger partial charge >= 0.3 is 5.97 Å². The Morgan fingerprint density at radius 3 is 2.37 bits per heavy atom. The fourth-order valence-electron chi connectivity index (χ4n) is 2.64. The monoisotopic (exact) mass is 371 g/mol. The van der Waals surface area contributed by atoms with E-state index in [1.54, 1.807) is 42.5 Å². The van der Waals surface area contributed by atoms with Crippen molar-refractivity contribution in [1.82, 2.24) is 5.32 Å². The van der Waals surface area contributed by atoms with E-state index in [9.17, 15) is 24.8 Å². The van der Waals surface area contributed by atoms with E-state index in [2.05, 4.69) is 10.6 Å². The van der Waals surface area contributed by atoms with Crippen LogP contribution in [0, 0.1) is 16.0 Å². The maximum atomic E-state index is 12.3. The van der Waals surface area contributed by atoms with E-state index >= 15 is 0 Å². The summed E-state index contributed by atoms with van der Waals surface area (Å²) in [6.07, 6.45) is 0.0434. The summed E-state index contributed by atoms with van der Waals surface area (Å²) >= 11 is 0. The molecule has 2 aromatic carbocycles. The first kappa shape index (κ1) is 19.9. The summed E-state index contributed by atoms with van der Waals surface area (Å²) in [5.41, 5.74) is 0.959. The first-order valence-electron chi connectivity index (χ1n) is 8.44. The third-order valence-corrected chi connectivity index (χ3v) is 4.13. The number of carbonyl (C=O) groups is 2. The van der Waals surface area contributed by atoms with Crippen molar-refractivity contribution in [3.8, 4) is 0 Å². The van der Waals surface area contributed by atoms with Crippen LogP contribution in [0.5, 0.6) is 0 Å². The van der Waals surface area contributed by atoms with Gasteiger partial charge in [0.25, 0.3) is 5.69 Å². The average molecular weight is 371 g/mol. The molecule has 0 saturated heterocycles. The smallest absolute Gasteiger partial charge is 0.308 e. The van der Waals surface area contributed by atoms with Gasteiger partial charge in [-0.1, -0.05) is 42.5 Å². The average Bonchev–Trinajstić information content (AvgIpc) is 2.66. The van der Waals surface area contributed by atoms with Crippen LogP contribution in [0.2, 0.25) is 0 Å². The molecule has 2 rings (SSSR count). The maximum Gasteiger partial charge on any atom is 0.308 e. The predicted octanol–water partition coefficient (Wildman–Crippen LogP) is 2.98. The molecule has 0 aliphatic carbocycles. The number of amides is 1. The van der Waals surface area contributed by atoms with Crippen molar-refractivity contribution in [3.63, 3.8) is 0 Å². The number of carbonyl (C=O) groups excluding carboxylic acids is 1. The molecule has 2 unspecified atom stereocenters. The Labute approximate surface area is 156 Å². The number of hydrogen-bond acceptors (Lipinski definition) is 5. The zero-order valence-corrected chi connectivity index (χ0v) is 14.8. The summed E-state index contributed by atoms with van der Waals surface area (Å²) in [7, 11) is 0. The van der Waals surface area contributed by atoms with Crippen LogP contribution in [0.3, 0.4) is 0 Å². The molecular weight excluding hydrogens is 350 g/mol. The molecule has 0 heterocycles. The predicted molar refractivity (Wildman–Crippen MR) is 100 cm³/mol. The Hall–Kier alpha value is -3.42. The van der Waals surface area contributed by atoms with Gasteiger partial charge in [-0.3, -0.25) is 19.7 Å². The number of para-hydroxylation sites is 2. The Bertz CT molecular complexity index is 810. The number of benzene rings is 2. The van der Waals surface area contributed by atoms with Crippen LogP contribution in [0.1, 0.15) is 24.9 Å². The van der Waals surface area contributed by atoms with Crippen LogP contribution in [0.15, 0.2) is 54.6 Å². The van der Waals surface area contributed by atoms with Crippen molar-refractivity contribution in [2.24, 2.45) is 5.92 Å². The number of nitro groups is 1. The minimum Gasteiger partial charge on any atom is -0.481 e. The lowest BCUT2D eigenvalue weighted by Crippen LogP contribution is -2.36. The third kappa shape index (κ3) is 5.53. The second-order valence-electron chi connectivity index (χ2n) is 6.03. The van der Waals surface area contributed by atoms with Gasteiger partial charge in [-0.15, -0.1) is 0 Å². The first-order valence-corrected chi connectivity index (χ1v) is 8.44. The molecule has 0 saturated carbocycles. The molecule has 27 heavy (non-hydrogen) atoms. The number of nitrogens with one attached hydrogen (secondary N) is 2. The second-order valence-corrected chi connectivity index (χ2v) is 6.03. The number of anilines is 1. The molecule has 2 aromatic rings. The largest absolute Gasteiger partial charge is 0.481 e. The molecule has 0 aromatic heterocycles. The molecule has 2 atom stereocenters. The van der Waals surface area contributed by atoms with E-state index < -0.39 is 22.9 Å². The molecule has 3 N–H and O–H groups in total. The van der Waals surface area contributed by atoms with Crippen molar-refractivity contribution >= 4 is 23.3 Å². The van der Waals surface area contributed by atoms with Crippen LogP contribution in [0.4, 0.5) is 11.4 Å². The Kier molecular flexibility index (Phi) is 6.87. The summed E-state index contributed by atoms with van der Waals surface area (Å²) in [6.45, 7) is 1.71. The lowest BCUT2D eigenvalue weighted by Gasteiger charge is -2.23. The van der Waals surface area contributed by atoms with E-state index in [1.165, 1.54) is 13.0 Å². The van der Waals surface area contributed by atoms with Crippen LogP contribution in [-0.2, 0) is 9.59 Å². The molecule has 142 valence electrons. The molecule has 0 aliphatic rings. The number of aliphatic carboxylic acids is 1. The molecule has 8 heteroatoms. The molecule has 8 nitrogen and oxygen atoms in total. The number of nitro benzene ring substituents is 1. The topological polar surface area (TPSA) is 122 Å². The van der Waals surface area contributed by atoms with Gasteiger partial charge in [0, 0.05) is 19.0 Å². The zero-order valence-electron chi connectivity index (χ0n) is 14.8. The molecule has 0 spiro atoms. The Morgan fingerprint density at radius 2 is 1.74 bits per heavy atom. The van der Waals surface area contributed by atoms with Crippen LogP contribution >= 0.6 is 0 Å². The van der Waals surface area contributed by atoms with Crippen molar-refractivity contribution in [1.29, 1.82) is 0 Å². The van der Waals surface area contributed by atoms with Gasteiger partial charge in [0.1, 0.15) is 5.69 Å². The molecular formula is C19H21N3O5. The van der Waals surface area contributed by atoms with Crippen molar-refractivity contribution in [2.75, 3.05) is 11.9 Å². The van der Waals surface area contributed by atoms with Crippen LogP contribution in [0.25, 0.3) is 0 Å². The molecule has 0 aliphatic heterocycles. The van der Waals surface area contributed by atoms with E-state index in [-0.39, 0.29) is 24.6 Å². The quantitative estimate of drug-likeness (QED) is 0.460. The van der Waals surface area contributed by atoms with Gasteiger partial charge in [0.2, 0.25) is 5.91 Å². The van der Waals surface area contributed by atoms with Gasteiger partial charge in [0.15, 0.2) is 0 Å². The van der Waals surface area contributed by atoms with Crippen molar-refractivity contribution < 1.29 is 19.6 Å². The molecule has 0 fully saturated rings. The van der Waals surface area contributed by atoms with Gasteiger partial charge in [0.05, 0.1) is 16.9 Å². The number of rotatable bonds is 9. The minimum atomic E-state index is -1.01. The maximum absolute atomic E-state index is 12.3. The van der Waals surface area contributed by atoms with E-state index in [0.717, 1.165) is 0 Å². The van der Waals surface area contributed by atoms with E-state index in [4.69, 9.17) is 0 Å². The summed E-state index contributed by atoms with van der Waals surface area (Å²) < 4.78 is 0. The third-order valence-electron chi connectivity index (χ3n) is 4.13. The number of carboxylic acid groups (broad SMARTS) is 1. The highest BCUT2D eigenvalue weighted by Crippen LogP contribution is 2.24. The fourth-order valence-corrected chi connectivity index (χ4v) is 2.64. The molecule has 0 bridgehead atoms. The van der Waals surface area contributed by atoms with Crippen LogP contribution in [-0.4, -0.2) is 28.5 Å². The second kappa shape index (κ2) is 9.33. The minimum absolute atomic E-state index is 0.0434. The van der Waals surface area contributed by atoms with Gasteiger partial charge in [-0.2, -0.15) is 0 Å². The first-order chi connectivity index (χ1) is 12.9. The summed E-state index contributed by atoms with van der Waals surface area (Å²) in [4.78, 5) is 34.1. The Morgan fingerprint density at radius 1 is 1.11 bits per heavy atom. The number of carboxylic acids is 1.